The highest BCUT2D eigenvalue weighted by atomic mass is 35.5. The summed E-state index contributed by atoms with van der Waals surface area (Å²) in [5.74, 6) is -0.264. The molecule has 4 nitrogen and oxygen atoms in total. The molecule has 1 N–H and O–H groups in total. The van der Waals surface area contributed by atoms with Crippen LogP contribution in [-0.4, -0.2) is 28.3 Å². The van der Waals surface area contributed by atoms with Crippen LogP contribution < -0.4 is 5.32 Å². The summed E-state index contributed by atoms with van der Waals surface area (Å²) in [5, 5.41) is 3.90. The van der Waals surface area contributed by atoms with Crippen LogP contribution in [0.4, 0.5) is 0 Å². The third-order valence-corrected chi connectivity index (χ3v) is 5.81. The standard InChI is InChI=1S/C25H32Cl2N2O2/c1-7-22(24(31)28-25(4,5)6)29(15-18-10-11-20(26)21(27)13-18)23(30)14-19-12-16(2)8-9-17(19)3/h8-13,22H,7,14-15H2,1-6H3,(H,28,31)/t22-/m1/s1. The monoisotopic (exact) mass is 462 g/mol. The summed E-state index contributed by atoms with van der Waals surface area (Å²) >= 11 is 12.2. The smallest absolute Gasteiger partial charge is 0.243 e. The second kappa shape index (κ2) is 10.5. The first-order valence-corrected chi connectivity index (χ1v) is 11.3. The molecule has 0 spiro atoms. The van der Waals surface area contributed by atoms with Gasteiger partial charge in [-0.05, 0) is 69.9 Å². The van der Waals surface area contributed by atoms with E-state index in [2.05, 4.69) is 5.32 Å². The molecule has 2 aromatic carbocycles. The van der Waals surface area contributed by atoms with Crippen LogP contribution in [0.1, 0.15) is 56.4 Å². The maximum absolute atomic E-state index is 13.5. The van der Waals surface area contributed by atoms with Gasteiger partial charge in [-0.25, -0.2) is 0 Å². The van der Waals surface area contributed by atoms with Crippen molar-refractivity contribution in [3.8, 4) is 0 Å². The topological polar surface area (TPSA) is 49.4 Å². The number of benzene rings is 2. The zero-order valence-corrected chi connectivity index (χ0v) is 20.7. The van der Waals surface area contributed by atoms with Crippen molar-refractivity contribution in [2.75, 3.05) is 0 Å². The molecule has 0 aliphatic rings. The molecule has 0 aliphatic heterocycles. The lowest BCUT2D eigenvalue weighted by Crippen LogP contribution is -2.53. The van der Waals surface area contributed by atoms with Crippen LogP contribution in [0.3, 0.4) is 0 Å². The summed E-state index contributed by atoms with van der Waals surface area (Å²) in [6.07, 6.45) is 0.732. The first-order chi connectivity index (χ1) is 14.4. The van der Waals surface area contributed by atoms with Crippen molar-refractivity contribution in [3.05, 3.63) is 68.7 Å². The SMILES string of the molecule is CC[C@H](C(=O)NC(C)(C)C)N(Cc1ccc(Cl)c(Cl)c1)C(=O)Cc1cc(C)ccc1C. The molecular formula is C25H32Cl2N2O2. The van der Waals surface area contributed by atoms with Gasteiger partial charge in [0.2, 0.25) is 11.8 Å². The van der Waals surface area contributed by atoms with E-state index >= 15 is 0 Å². The largest absolute Gasteiger partial charge is 0.350 e. The quantitative estimate of drug-likeness (QED) is 0.558. The van der Waals surface area contributed by atoms with Crippen molar-refractivity contribution >= 4 is 35.0 Å². The van der Waals surface area contributed by atoms with Crippen molar-refractivity contribution in [2.45, 2.75) is 72.5 Å². The second-order valence-electron chi connectivity index (χ2n) is 9.04. The van der Waals surface area contributed by atoms with Crippen molar-refractivity contribution in [3.63, 3.8) is 0 Å². The highest BCUT2D eigenvalue weighted by Crippen LogP contribution is 2.25. The summed E-state index contributed by atoms with van der Waals surface area (Å²) < 4.78 is 0. The molecule has 2 aromatic rings. The van der Waals surface area contributed by atoms with Gasteiger partial charge in [0.1, 0.15) is 6.04 Å². The van der Waals surface area contributed by atoms with Crippen molar-refractivity contribution in [1.82, 2.24) is 10.2 Å². The van der Waals surface area contributed by atoms with Gasteiger partial charge in [0.25, 0.3) is 0 Å². The molecule has 0 aromatic heterocycles. The highest BCUT2D eigenvalue weighted by molar-refractivity contribution is 6.42. The number of hydrogen-bond acceptors (Lipinski definition) is 2. The van der Waals surface area contributed by atoms with Crippen molar-refractivity contribution in [1.29, 1.82) is 0 Å². The Morgan fingerprint density at radius 2 is 1.71 bits per heavy atom. The van der Waals surface area contributed by atoms with Gasteiger partial charge in [-0.2, -0.15) is 0 Å². The molecule has 168 valence electrons. The van der Waals surface area contributed by atoms with Gasteiger partial charge in [0, 0.05) is 12.1 Å². The molecule has 2 amide bonds. The third-order valence-electron chi connectivity index (χ3n) is 5.07. The first-order valence-electron chi connectivity index (χ1n) is 10.5. The van der Waals surface area contributed by atoms with Gasteiger partial charge in [-0.3, -0.25) is 9.59 Å². The number of hydrogen-bond donors (Lipinski definition) is 1. The van der Waals surface area contributed by atoms with Crippen LogP contribution in [0.15, 0.2) is 36.4 Å². The lowest BCUT2D eigenvalue weighted by Gasteiger charge is -2.33. The lowest BCUT2D eigenvalue weighted by atomic mass is 10.0. The Balaban J connectivity index is 2.39. The Kier molecular flexibility index (Phi) is 8.56. The van der Waals surface area contributed by atoms with Crippen LogP contribution in [0, 0.1) is 13.8 Å². The van der Waals surface area contributed by atoms with Gasteiger partial charge in [-0.15, -0.1) is 0 Å². The molecule has 0 fully saturated rings. The van der Waals surface area contributed by atoms with Crippen LogP contribution in [0.25, 0.3) is 0 Å². The number of carbonyl (C=O) groups excluding carboxylic acids is 2. The number of nitrogens with one attached hydrogen (secondary N) is 1. The molecule has 0 saturated heterocycles. The van der Waals surface area contributed by atoms with E-state index in [1.165, 1.54) is 0 Å². The Hall–Kier alpha value is -2.04. The summed E-state index contributed by atoms with van der Waals surface area (Å²) in [6, 6.07) is 10.8. The predicted octanol–water partition coefficient (Wildman–Crippen LogP) is 5.87. The van der Waals surface area contributed by atoms with Gasteiger partial charge >= 0.3 is 0 Å². The zero-order valence-electron chi connectivity index (χ0n) is 19.2. The molecule has 0 bridgehead atoms. The predicted molar refractivity (Wildman–Crippen MR) is 129 cm³/mol. The first kappa shape index (κ1) is 25.2. The van der Waals surface area contributed by atoms with Crippen LogP contribution in [-0.2, 0) is 22.6 Å². The molecule has 0 saturated carbocycles. The Morgan fingerprint density at radius 1 is 1.03 bits per heavy atom. The lowest BCUT2D eigenvalue weighted by molar-refractivity contribution is -0.141. The van der Waals surface area contributed by atoms with Gasteiger partial charge < -0.3 is 10.2 Å². The summed E-state index contributed by atoms with van der Waals surface area (Å²) in [6.45, 7) is 12.0. The molecular weight excluding hydrogens is 431 g/mol. The molecule has 0 radical (unpaired) electrons. The highest BCUT2D eigenvalue weighted by Gasteiger charge is 2.31. The van der Waals surface area contributed by atoms with E-state index in [1.54, 1.807) is 17.0 Å². The average molecular weight is 463 g/mol. The maximum atomic E-state index is 13.5. The fourth-order valence-electron chi connectivity index (χ4n) is 3.46. The van der Waals surface area contributed by atoms with E-state index in [9.17, 15) is 9.59 Å². The van der Waals surface area contributed by atoms with E-state index in [0.29, 0.717) is 16.5 Å². The van der Waals surface area contributed by atoms with Crippen LogP contribution in [0.2, 0.25) is 10.0 Å². The van der Waals surface area contributed by atoms with Gasteiger partial charge in [0.05, 0.1) is 16.5 Å². The van der Waals surface area contributed by atoms with E-state index in [1.807, 2.05) is 65.8 Å². The van der Waals surface area contributed by atoms with E-state index in [4.69, 9.17) is 23.2 Å². The molecule has 0 aliphatic carbocycles. The van der Waals surface area contributed by atoms with E-state index in [-0.39, 0.29) is 24.8 Å². The number of carbonyl (C=O) groups is 2. The van der Waals surface area contributed by atoms with Crippen molar-refractivity contribution in [2.24, 2.45) is 0 Å². The van der Waals surface area contributed by atoms with Gasteiger partial charge in [-0.1, -0.05) is 60.0 Å². The number of rotatable bonds is 7. The maximum Gasteiger partial charge on any atom is 0.243 e. The van der Waals surface area contributed by atoms with Crippen LogP contribution in [0.5, 0.6) is 0 Å². The number of nitrogens with zero attached hydrogens (tertiary/aromatic N) is 1. The molecule has 0 heterocycles. The normalized spacial score (nSPS) is 12.4. The molecule has 1 atom stereocenters. The van der Waals surface area contributed by atoms with E-state index in [0.717, 1.165) is 22.3 Å². The Bertz CT molecular complexity index is 951. The fourth-order valence-corrected chi connectivity index (χ4v) is 3.78. The molecule has 31 heavy (non-hydrogen) atoms. The third kappa shape index (κ3) is 7.26. The number of aryl methyl sites for hydroxylation is 2. The number of amides is 2. The van der Waals surface area contributed by atoms with Gasteiger partial charge in [0.15, 0.2) is 0 Å². The molecule has 0 unspecified atom stereocenters. The minimum atomic E-state index is -0.591. The molecule has 2 rings (SSSR count). The summed E-state index contributed by atoms with van der Waals surface area (Å²) in [4.78, 5) is 28.2. The zero-order chi connectivity index (χ0) is 23.3. The number of halogens is 2. The minimum absolute atomic E-state index is 0.101. The Morgan fingerprint density at radius 3 is 2.29 bits per heavy atom. The Labute approximate surface area is 195 Å². The van der Waals surface area contributed by atoms with E-state index < -0.39 is 11.6 Å². The minimum Gasteiger partial charge on any atom is -0.350 e. The fraction of sp³-hybridized carbons (Fsp3) is 0.440. The average Bonchev–Trinajstić information content (AvgIpc) is 2.66. The van der Waals surface area contributed by atoms with Crippen LogP contribution >= 0.6 is 23.2 Å². The second-order valence-corrected chi connectivity index (χ2v) is 9.85. The summed E-state index contributed by atoms with van der Waals surface area (Å²) in [7, 11) is 0. The summed E-state index contributed by atoms with van der Waals surface area (Å²) in [5.41, 5.74) is 3.55. The van der Waals surface area contributed by atoms with Crippen molar-refractivity contribution < 1.29 is 9.59 Å². The molecule has 6 heteroatoms.